The summed E-state index contributed by atoms with van der Waals surface area (Å²) >= 11 is 1.86. The monoisotopic (exact) mass is 883 g/mol. The molecule has 13 aromatic rings. The number of hydrogen-bond acceptors (Lipinski definition) is 3. The molecule has 0 spiro atoms. The van der Waals surface area contributed by atoms with Crippen LogP contribution in [0.2, 0.25) is 0 Å². The van der Waals surface area contributed by atoms with Gasteiger partial charge in [0.2, 0.25) is 0 Å². The Morgan fingerprint density at radius 1 is 0.324 bits per heavy atom. The minimum absolute atomic E-state index is 1.10. The van der Waals surface area contributed by atoms with E-state index in [1.165, 1.54) is 80.6 Å². The predicted octanol–water partition coefficient (Wildman–Crippen LogP) is 18.6. The molecule has 0 bridgehead atoms. The fourth-order valence-electron chi connectivity index (χ4n) is 10.8. The average Bonchev–Trinajstić information content (AvgIpc) is 4.06. The van der Waals surface area contributed by atoms with Gasteiger partial charge in [0.25, 0.3) is 0 Å². The van der Waals surface area contributed by atoms with E-state index in [1.54, 1.807) is 0 Å². The molecule has 318 valence electrons. The lowest BCUT2D eigenvalue weighted by Crippen LogP contribution is -2.10. The van der Waals surface area contributed by atoms with Gasteiger partial charge in [-0.15, -0.1) is 11.3 Å². The molecule has 0 amide bonds. The number of nitrogens with zero attached hydrogens (tertiary/aromatic N) is 3. The molecule has 11 aromatic carbocycles. The summed E-state index contributed by atoms with van der Waals surface area (Å²) in [6.07, 6.45) is 0. The van der Waals surface area contributed by atoms with Crippen LogP contribution in [0.4, 0.5) is 34.1 Å². The number of benzene rings is 11. The van der Waals surface area contributed by atoms with Crippen LogP contribution in [-0.2, 0) is 0 Å². The summed E-state index contributed by atoms with van der Waals surface area (Å²) in [5.41, 5.74) is 16.5. The largest absolute Gasteiger partial charge is 0.311 e. The summed E-state index contributed by atoms with van der Waals surface area (Å²) in [5, 5.41) is 8.86. The summed E-state index contributed by atoms with van der Waals surface area (Å²) in [5.74, 6) is 0. The SMILES string of the molecule is c1ccc(N(c2ccccc2)c2ccc(-c3ccc(N(c4ccc5c(c4)c4c(n5-c5ccc6ccccc6c5)-c5cccc6cccc-4c56)c4ccc5sc6ccccc6c5c4)cc3)cc2)cc1. The van der Waals surface area contributed by atoms with Crippen molar-refractivity contribution in [1.82, 2.24) is 4.57 Å². The molecule has 0 radical (unpaired) electrons. The third kappa shape index (κ3) is 6.12. The molecule has 0 unspecified atom stereocenters. The summed E-state index contributed by atoms with van der Waals surface area (Å²) in [6.45, 7) is 0. The maximum absolute atomic E-state index is 2.50. The predicted molar refractivity (Wildman–Crippen MR) is 290 cm³/mol. The van der Waals surface area contributed by atoms with E-state index >= 15 is 0 Å². The highest BCUT2D eigenvalue weighted by atomic mass is 32.1. The van der Waals surface area contributed by atoms with E-state index in [1.807, 2.05) is 11.3 Å². The van der Waals surface area contributed by atoms with Crippen LogP contribution >= 0.6 is 11.3 Å². The Morgan fingerprint density at radius 3 is 1.56 bits per heavy atom. The lowest BCUT2D eigenvalue weighted by Gasteiger charge is -2.26. The molecule has 4 heteroatoms. The molecule has 68 heavy (non-hydrogen) atoms. The van der Waals surface area contributed by atoms with Crippen LogP contribution < -0.4 is 9.80 Å². The van der Waals surface area contributed by atoms with Gasteiger partial charge in [-0.1, -0.05) is 146 Å². The van der Waals surface area contributed by atoms with E-state index in [-0.39, 0.29) is 0 Å². The highest BCUT2D eigenvalue weighted by Gasteiger charge is 2.30. The number of hydrogen-bond donors (Lipinski definition) is 0. The lowest BCUT2D eigenvalue weighted by atomic mass is 10.0. The van der Waals surface area contributed by atoms with E-state index in [2.05, 4.69) is 263 Å². The fraction of sp³-hybridized carbons (Fsp3) is 0. The molecule has 2 aromatic heterocycles. The van der Waals surface area contributed by atoms with Gasteiger partial charge in [-0.3, -0.25) is 0 Å². The van der Waals surface area contributed by atoms with Gasteiger partial charge in [0, 0.05) is 76.5 Å². The third-order valence-corrected chi connectivity index (χ3v) is 15.0. The van der Waals surface area contributed by atoms with Crippen LogP contribution in [-0.4, -0.2) is 4.57 Å². The topological polar surface area (TPSA) is 11.4 Å². The van der Waals surface area contributed by atoms with Crippen molar-refractivity contribution < 1.29 is 0 Å². The van der Waals surface area contributed by atoms with Crippen LogP contribution in [0.1, 0.15) is 0 Å². The van der Waals surface area contributed by atoms with Gasteiger partial charge in [-0.25, -0.2) is 0 Å². The molecule has 0 N–H and O–H groups in total. The van der Waals surface area contributed by atoms with Gasteiger partial charge >= 0.3 is 0 Å². The molecule has 1 aliphatic rings. The summed E-state index contributed by atoms with van der Waals surface area (Å²) in [7, 11) is 0. The van der Waals surface area contributed by atoms with E-state index in [0.717, 1.165) is 45.4 Å². The van der Waals surface area contributed by atoms with E-state index in [0.29, 0.717) is 0 Å². The quantitative estimate of drug-likeness (QED) is 0.151. The van der Waals surface area contributed by atoms with Gasteiger partial charge < -0.3 is 14.4 Å². The van der Waals surface area contributed by atoms with E-state index < -0.39 is 0 Å². The number of anilines is 6. The minimum atomic E-state index is 1.10. The number of aromatic nitrogens is 1. The normalized spacial score (nSPS) is 11.8. The van der Waals surface area contributed by atoms with Crippen LogP contribution in [0.5, 0.6) is 0 Å². The van der Waals surface area contributed by atoms with Crippen LogP contribution in [0.15, 0.2) is 249 Å². The first-order valence-electron chi connectivity index (χ1n) is 23.2. The molecular formula is C64H41N3S. The van der Waals surface area contributed by atoms with Gasteiger partial charge in [0.1, 0.15) is 0 Å². The summed E-state index contributed by atoms with van der Waals surface area (Å²) in [4.78, 5) is 4.75. The minimum Gasteiger partial charge on any atom is -0.311 e. The zero-order chi connectivity index (χ0) is 44.7. The molecule has 1 aliphatic carbocycles. The van der Waals surface area contributed by atoms with Crippen molar-refractivity contribution in [3.05, 3.63) is 249 Å². The van der Waals surface area contributed by atoms with Crippen molar-refractivity contribution in [2.75, 3.05) is 9.80 Å². The first-order valence-corrected chi connectivity index (χ1v) is 24.1. The van der Waals surface area contributed by atoms with Crippen molar-refractivity contribution >= 4 is 98.1 Å². The number of para-hydroxylation sites is 2. The smallest absolute Gasteiger partial charge is 0.0626 e. The first-order chi connectivity index (χ1) is 33.7. The van der Waals surface area contributed by atoms with Gasteiger partial charge in [0.15, 0.2) is 0 Å². The molecule has 0 aliphatic heterocycles. The lowest BCUT2D eigenvalue weighted by molar-refractivity contribution is 1.14. The highest BCUT2D eigenvalue weighted by molar-refractivity contribution is 7.25. The second-order valence-corrected chi connectivity index (χ2v) is 18.8. The second kappa shape index (κ2) is 15.5. The number of fused-ring (bicyclic) bond motifs is 9. The average molecular weight is 884 g/mol. The molecule has 0 atom stereocenters. The Hall–Kier alpha value is -8.70. The summed E-state index contributed by atoms with van der Waals surface area (Å²) in [6, 6.07) is 91.1. The van der Waals surface area contributed by atoms with Gasteiger partial charge in [-0.05, 0) is 141 Å². The van der Waals surface area contributed by atoms with Crippen LogP contribution in [0.3, 0.4) is 0 Å². The Balaban J connectivity index is 0.923. The Bertz CT molecular complexity index is 4030. The summed E-state index contributed by atoms with van der Waals surface area (Å²) < 4.78 is 5.10. The van der Waals surface area contributed by atoms with Crippen LogP contribution in [0.25, 0.3) is 91.8 Å². The molecular weight excluding hydrogens is 843 g/mol. The fourth-order valence-corrected chi connectivity index (χ4v) is 11.9. The standard InChI is InChI=1S/C64H41N3S/c1-3-17-47(18-4-1)65(48-19-5-2-6-20-48)49-30-25-43(26-31-49)44-27-32-50(33-28-44)66(53-36-38-61-57(40-53)54-21-9-10-24-60(54)68-61)52-35-37-59-58(41-52)63-55-22-11-15-45-16-12-23-56(62(45)55)64(63)67(59)51-34-29-42-13-7-8-14-46(42)39-51/h1-41H. The maximum atomic E-state index is 2.50. The number of thiophene rings is 1. The zero-order valence-electron chi connectivity index (χ0n) is 36.9. The Labute approximate surface area is 398 Å². The number of rotatable bonds is 8. The van der Waals surface area contributed by atoms with Crippen molar-refractivity contribution in [3.63, 3.8) is 0 Å². The van der Waals surface area contributed by atoms with Gasteiger partial charge in [0.05, 0.1) is 11.2 Å². The van der Waals surface area contributed by atoms with Crippen molar-refractivity contribution in [1.29, 1.82) is 0 Å². The Kier molecular flexibility index (Phi) is 8.76. The Morgan fingerprint density at radius 2 is 0.853 bits per heavy atom. The molecule has 0 saturated carbocycles. The molecule has 3 nitrogen and oxygen atoms in total. The van der Waals surface area contributed by atoms with E-state index in [4.69, 9.17) is 0 Å². The van der Waals surface area contributed by atoms with Crippen molar-refractivity contribution in [2.45, 2.75) is 0 Å². The second-order valence-electron chi connectivity index (χ2n) is 17.7. The highest BCUT2D eigenvalue weighted by Crippen LogP contribution is 2.54. The molecule has 14 rings (SSSR count). The molecule has 0 fully saturated rings. The van der Waals surface area contributed by atoms with Gasteiger partial charge in [-0.2, -0.15) is 0 Å². The zero-order valence-corrected chi connectivity index (χ0v) is 37.7. The molecule has 2 heterocycles. The van der Waals surface area contributed by atoms with Crippen molar-refractivity contribution in [3.8, 4) is 39.2 Å². The first kappa shape index (κ1) is 38.6. The third-order valence-electron chi connectivity index (χ3n) is 13.9. The van der Waals surface area contributed by atoms with Crippen molar-refractivity contribution in [2.24, 2.45) is 0 Å². The van der Waals surface area contributed by atoms with Crippen LogP contribution in [0, 0.1) is 0 Å². The maximum Gasteiger partial charge on any atom is 0.0626 e. The molecule has 0 saturated heterocycles. The van der Waals surface area contributed by atoms with E-state index in [9.17, 15) is 0 Å².